The molecular weight excluding hydrogens is 386 g/mol. The summed E-state index contributed by atoms with van der Waals surface area (Å²) >= 11 is 0. The Bertz CT molecular complexity index is 1020. The van der Waals surface area contributed by atoms with Gasteiger partial charge in [-0.1, -0.05) is 30.3 Å². The van der Waals surface area contributed by atoms with Crippen molar-refractivity contribution in [3.63, 3.8) is 0 Å². The Morgan fingerprint density at radius 1 is 1.03 bits per heavy atom. The van der Waals surface area contributed by atoms with Gasteiger partial charge < -0.3 is 19.3 Å². The molecule has 0 aliphatic carbocycles. The number of carbonyl (C=O) groups excluding carboxylic acids is 3. The summed E-state index contributed by atoms with van der Waals surface area (Å²) in [6.07, 6.45) is 0. The van der Waals surface area contributed by atoms with Crippen LogP contribution in [0, 0.1) is 0 Å². The lowest BCUT2D eigenvalue weighted by atomic mass is 10.1. The molecule has 2 saturated heterocycles. The number of hydrogen-bond acceptors (Lipinski definition) is 5. The molecule has 2 fully saturated rings. The topological polar surface area (TPSA) is 79.4 Å². The number of imide groups is 1. The van der Waals surface area contributed by atoms with Gasteiger partial charge >= 0.3 is 6.03 Å². The van der Waals surface area contributed by atoms with Crippen LogP contribution in [-0.4, -0.2) is 65.0 Å². The molecular formula is C22H21N3O5. The number of urea groups is 1. The van der Waals surface area contributed by atoms with Gasteiger partial charge in [0, 0.05) is 18.7 Å². The maximum atomic E-state index is 13.1. The van der Waals surface area contributed by atoms with Crippen LogP contribution in [0.2, 0.25) is 0 Å². The van der Waals surface area contributed by atoms with Crippen molar-refractivity contribution >= 4 is 17.8 Å². The first-order chi connectivity index (χ1) is 14.5. The zero-order chi connectivity index (χ0) is 20.8. The van der Waals surface area contributed by atoms with Crippen molar-refractivity contribution in [2.45, 2.75) is 19.0 Å². The lowest BCUT2D eigenvalue weighted by Crippen LogP contribution is -2.54. The maximum absolute atomic E-state index is 13.1. The molecule has 0 saturated carbocycles. The van der Waals surface area contributed by atoms with E-state index in [0.29, 0.717) is 30.2 Å². The highest BCUT2D eigenvalue weighted by Crippen LogP contribution is 2.34. The van der Waals surface area contributed by atoms with E-state index in [-0.39, 0.29) is 37.2 Å². The zero-order valence-corrected chi connectivity index (χ0v) is 16.5. The first kappa shape index (κ1) is 18.5. The van der Waals surface area contributed by atoms with E-state index in [1.165, 1.54) is 4.90 Å². The van der Waals surface area contributed by atoms with E-state index in [9.17, 15) is 14.4 Å². The largest absolute Gasteiger partial charge is 0.454 e. The molecule has 154 valence electrons. The SMILES string of the molecule is CC(c1ccccc1)N1C(=O)C2CN(C(=O)c3ccc4c(c3)OCO4)CCN2C1=O. The number of nitrogens with zero attached hydrogens (tertiary/aromatic N) is 3. The number of piperazine rings is 1. The van der Waals surface area contributed by atoms with Crippen LogP contribution in [0.15, 0.2) is 48.5 Å². The van der Waals surface area contributed by atoms with E-state index in [4.69, 9.17) is 9.47 Å². The van der Waals surface area contributed by atoms with Crippen LogP contribution in [0.25, 0.3) is 0 Å². The van der Waals surface area contributed by atoms with Crippen LogP contribution in [-0.2, 0) is 4.79 Å². The minimum Gasteiger partial charge on any atom is -0.454 e. The molecule has 2 aromatic carbocycles. The lowest BCUT2D eigenvalue weighted by molar-refractivity contribution is -0.130. The summed E-state index contributed by atoms with van der Waals surface area (Å²) in [5, 5.41) is 0. The molecule has 0 aromatic heterocycles. The van der Waals surface area contributed by atoms with E-state index < -0.39 is 6.04 Å². The van der Waals surface area contributed by atoms with E-state index in [0.717, 1.165) is 5.56 Å². The summed E-state index contributed by atoms with van der Waals surface area (Å²) in [5.74, 6) is 0.690. The lowest BCUT2D eigenvalue weighted by Gasteiger charge is -2.35. The Balaban J connectivity index is 1.34. The van der Waals surface area contributed by atoms with Crippen molar-refractivity contribution in [3.05, 3.63) is 59.7 Å². The van der Waals surface area contributed by atoms with Crippen LogP contribution in [0.4, 0.5) is 4.79 Å². The normalized spacial score (nSPS) is 21.1. The molecule has 5 rings (SSSR count). The third-order valence-corrected chi connectivity index (χ3v) is 5.93. The fourth-order valence-corrected chi connectivity index (χ4v) is 4.25. The fraction of sp³-hybridized carbons (Fsp3) is 0.318. The average molecular weight is 407 g/mol. The van der Waals surface area contributed by atoms with Gasteiger partial charge in [0.1, 0.15) is 6.04 Å². The average Bonchev–Trinajstić information content (AvgIpc) is 3.35. The molecule has 8 nitrogen and oxygen atoms in total. The van der Waals surface area contributed by atoms with E-state index in [1.807, 2.05) is 37.3 Å². The van der Waals surface area contributed by atoms with Crippen LogP contribution < -0.4 is 9.47 Å². The van der Waals surface area contributed by atoms with Crippen molar-refractivity contribution in [3.8, 4) is 11.5 Å². The molecule has 30 heavy (non-hydrogen) atoms. The number of rotatable bonds is 3. The summed E-state index contributed by atoms with van der Waals surface area (Å²) in [6, 6.07) is 13.2. The van der Waals surface area contributed by atoms with Gasteiger partial charge in [-0.05, 0) is 30.7 Å². The van der Waals surface area contributed by atoms with Crippen LogP contribution in [0.5, 0.6) is 11.5 Å². The van der Waals surface area contributed by atoms with Crippen LogP contribution >= 0.6 is 0 Å². The molecule has 0 N–H and O–H groups in total. The number of ether oxygens (including phenoxy) is 2. The predicted octanol–water partition coefficient (Wildman–Crippen LogP) is 2.27. The Labute approximate surface area is 173 Å². The second kappa shape index (κ2) is 7.05. The number of amides is 4. The smallest absolute Gasteiger partial charge is 0.328 e. The monoisotopic (exact) mass is 407 g/mol. The quantitative estimate of drug-likeness (QED) is 0.730. The van der Waals surface area contributed by atoms with E-state index in [1.54, 1.807) is 28.0 Å². The molecule has 2 aromatic rings. The molecule has 4 amide bonds. The minimum absolute atomic E-state index is 0.139. The Kier molecular flexibility index (Phi) is 4.34. The molecule has 2 atom stereocenters. The number of benzene rings is 2. The van der Waals surface area contributed by atoms with Crippen LogP contribution in [0.3, 0.4) is 0 Å². The number of fused-ring (bicyclic) bond motifs is 2. The minimum atomic E-state index is -0.657. The standard InChI is InChI=1S/C22H21N3O5/c1-14(15-5-3-2-4-6-15)25-21(27)17-12-23(9-10-24(17)22(25)28)20(26)16-7-8-18-19(11-16)30-13-29-18/h2-8,11,14,17H,9-10,12-13H2,1H3. The van der Waals surface area contributed by atoms with E-state index >= 15 is 0 Å². The van der Waals surface area contributed by atoms with Crippen molar-refractivity contribution < 1.29 is 23.9 Å². The maximum Gasteiger partial charge on any atom is 0.328 e. The van der Waals surface area contributed by atoms with Gasteiger partial charge in [0.15, 0.2) is 11.5 Å². The predicted molar refractivity (Wildman–Crippen MR) is 106 cm³/mol. The Hall–Kier alpha value is -3.55. The molecule has 8 heteroatoms. The third-order valence-electron chi connectivity index (χ3n) is 5.93. The molecule has 0 spiro atoms. The second-order valence-corrected chi connectivity index (χ2v) is 7.61. The summed E-state index contributed by atoms with van der Waals surface area (Å²) < 4.78 is 10.6. The van der Waals surface area contributed by atoms with Gasteiger partial charge in [0.05, 0.1) is 12.6 Å². The number of carbonyl (C=O) groups is 3. The summed E-state index contributed by atoms with van der Waals surface area (Å²) in [5.41, 5.74) is 1.37. The second-order valence-electron chi connectivity index (χ2n) is 7.61. The molecule has 3 heterocycles. The van der Waals surface area contributed by atoms with Gasteiger partial charge in [-0.3, -0.25) is 14.5 Å². The van der Waals surface area contributed by atoms with E-state index in [2.05, 4.69) is 0 Å². The van der Waals surface area contributed by atoms with Crippen LogP contribution in [0.1, 0.15) is 28.9 Å². The molecule has 3 aliphatic rings. The highest BCUT2D eigenvalue weighted by Gasteiger charge is 2.50. The van der Waals surface area contributed by atoms with Crippen molar-refractivity contribution in [1.82, 2.24) is 14.7 Å². The Morgan fingerprint density at radius 2 is 1.80 bits per heavy atom. The van der Waals surface area contributed by atoms with Crippen molar-refractivity contribution in [1.29, 1.82) is 0 Å². The first-order valence-electron chi connectivity index (χ1n) is 9.92. The zero-order valence-electron chi connectivity index (χ0n) is 16.5. The van der Waals surface area contributed by atoms with Crippen molar-refractivity contribution in [2.75, 3.05) is 26.4 Å². The molecule has 0 radical (unpaired) electrons. The first-order valence-corrected chi connectivity index (χ1v) is 9.92. The van der Waals surface area contributed by atoms with Gasteiger partial charge in [0.25, 0.3) is 11.8 Å². The molecule has 2 unspecified atom stereocenters. The third kappa shape index (κ3) is 2.87. The summed E-state index contributed by atoms with van der Waals surface area (Å²) in [4.78, 5) is 43.6. The highest BCUT2D eigenvalue weighted by atomic mass is 16.7. The summed E-state index contributed by atoms with van der Waals surface area (Å²) in [6.45, 7) is 2.86. The van der Waals surface area contributed by atoms with Gasteiger partial charge in [0.2, 0.25) is 6.79 Å². The van der Waals surface area contributed by atoms with Gasteiger partial charge in [-0.2, -0.15) is 0 Å². The highest BCUT2D eigenvalue weighted by molar-refractivity contribution is 6.05. The molecule has 0 bridgehead atoms. The molecule has 3 aliphatic heterocycles. The van der Waals surface area contributed by atoms with Gasteiger partial charge in [-0.25, -0.2) is 4.79 Å². The fourth-order valence-electron chi connectivity index (χ4n) is 4.25. The summed E-state index contributed by atoms with van der Waals surface area (Å²) in [7, 11) is 0. The Morgan fingerprint density at radius 3 is 2.60 bits per heavy atom. The van der Waals surface area contributed by atoms with Gasteiger partial charge in [-0.15, -0.1) is 0 Å². The number of hydrogen-bond donors (Lipinski definition) is 0. The van der Waals surface area contributed by atoms with Crippen molar-refractivity contribution in [2.24, 2.45) is 0 Å².